The molecule has 1 rings (SSSR count). The Morgan fingerprint density at radius 3 is 2.53 bits per heavy atom. The molecular weight excluding hydrogens is 212 g/mol. The quantitative estimate of drug-likeness (QED) is 0.689. The SMILES string of the molecule is C/C1=C/C(O)C[C@H](C)/C=C\[C@H](C(C)(C)O)CC1. The minimum Gasteiger partial charge on any atom is -0.390 e. The van der Waals surface area contributed by atoms with Gasteiger partial charge in [-0.15, -0.1) is 0 Å². The highest BCUT2D eigenvalue weighted by Crippen LogP contribution is 2.27. The molecule has 0 heterocycles. The summed E-state index contributed by atoms with van der Waals surface area (Å²) in [6.07, 6.45) is 8.49. The molecule has 0 aliphatic heterocycles. The third-order valence-corrected chi connectivity index (χ3v) is 3.52. The first-order valence-electron chi connectivity index (χ1n) is 6.55. The zero-order valence-electron chi connectivity index (χ0n) is 11.5. The maximum atomic E-state index is 10.1. The third kappa shape index (κ3) is 5.05. The highest BCUT2D eigenvalue weighted by Gasteiger charge is 2.24. The second-order valence-corrected chi connectivity index (χ2v) is 5.98. The zero-order valence-corrected chi connectivity index (χ0v) is 11.5. The molecule has 1 unspecified atom stereocenters. The molecule has 0 saturated carbocycles. The van der Waals surface area contributed by atoms with Gasteiger partial charge in [0, 0.05) is 5.92 Å². The van der Waals surface area contributed by atoms with Crippen LogP contribution in [0.1, 0.15) is 47.0 Å². The lowest BCUT2D eigenvalue weighted by Gasteiger charge is -2.28. The average molecular weight is 238 g/mol. The van der Waals surface area contributed by atoms with Gasteiger partial charge in [-0.3, -0.25) is 0 Å². The Hall–Kier alpha value is -0.600. The second-order valence-electron chi connectivity index (χ2n) is 5.98. The molecule has 0 radical (unpaired) electrons. The van der Waals surface area contributed by atoms with Crippen molar-refractivity contribution in [3.05, 3.63) is 23.8 Å². The van der Waals surface area contributed by atoms with Crippen LogP contribution in [0.15, 0.2) is 23.8 Å². The van der Waals surface area contributed by atoms with Gasteiger partial charge >= 0.3 is 0 Å². The zero-order chi connectivity index (χ0) is 13.1. The summed E-state index contributed by atoms with van der Waals surface area (Å²) in [7, 11) is 0. The molecule has 1 aliphatic rings. The van der Waals surface area contributed by atoms with E-state index in [2.05, 4.69) is 26.0 Å². The monoisotopic (exact) mass is 238 g/mol. The first-order valence-corrected chi connectivity index (χ1v) is 6.55. The van der Waals surface area contributed by atoms with Crippen LogP contribution in [0, 0.1) is 11.8 Å². The van der Waals surface area contributed by atoms with Crippen LogP contribution < -0.4 is 0 Å². The summed E-state index contributed by atoms with van der Waals surface area (Å²) in [4.78, 5) is 0. The van der Waals surface area contributed by atoms with Gasteiger partial charge in [0.15, 0.2) is 0 Å². The predicted molar refractivity (Wildman–Crippen MR) is 71.7 cm³/mol. The lowest BCUT2D eigenvalue weighted by atomic mass is 9.83. The molecule has 0 saturated heterocycles. The normalized spacial score (nSPS) is 37.1. The van der Waals surface area contributed by atoms with Crippen LogP contribution in [0.2, 0.25) is 0 Å². The van der Waals surface area contributed by atoms with Crippen molar-refractivity contribution in [2.24, 2.45) is 11.8 Å². The van der Waals surface area contributed by atoms with Crippen molar-refractivity contribution in [1.29, 1.82) is 0 Å². The fourth-order valence-electron chi connectivity index (χ4n) is 2.33. The Morgan fingerprint density at radius 2 is 1.94 bits per heavy atom. The van der Waals surface area contributed by atoms with E-state index in [0.29, 0.717) is 5.92 Å². The molecule has 0 bridgehead atoms. The molecule has 17 heavy (non-hydrogen) atoms. The first kappa shape index (κ1) is 14.5. The number of rotatable bonds is 1. The molecule has 2 heteroatoms. The largest absolute Gasteiger partial charge is 0.390 e. The van der Waals surface area contributed by atoms with Crippen LogP contribution in [-0.4, -0.2) is 21.9 Å². The molecule has 98 valence electrons. The Bertz CT molecular complexity index is 297. The predicted octanol–water partition coefficient (Wildman–Crippen LogP) is 3.06. The lowest BCUT2D eigenvalue weighted by molar-refractivity contribution is 0.0335. The summed E-state index contributed by atoms with van der Waals surface area (Å²) in [5.41, 5.74) is 0.545. The van der Waals surface area contributed by atoms with Gasteiger partial charge in [0.1, 0.15) is 0 Å². The summed E-state index contributed by atoms with van der Waals surface area (Å²) in [5.74, 6) is 0.528. The van der Waals surface area contributed by atoms with Gasteiger partial charge in [-0.05, 0) is 46.0 Å². The van der Waals surface area contributed by atoms with Crippen molar-refractivity contribution >= 4 is 0 Å². The maximum absolute atomic E-state index is 10.1. The molecule has 0 aromatic heterocycles. The number of aliphatic hydroxyl groups excluding tert-OH is 1. The van der Waals surface area contributed by atoms with Gasteiger partial charge in [0.05, 0.1) is 11.7 Å². The van der Waals surface area contributed by atoms with E-state index in [4.69, 9.17) is 0 Å². The Morgan fingerprint density at radius 1 is 1.29 bits per heavy atom. The topological polar surface area (TPSA) is 40.5 Å². The van der Waals surface area contributed by atoms with Crippen LogP contribution >= 0.6 is 0 Å². The van der Waals surface area contributed by atoms with E-state index in [9.17, 15) is 10.2 Å². The van der Waals surface area contributed by atoms with E-state index < -0.39 is 5.60 Å². The van der Waals surface area contributed by atoms with Crippen LogP contribution in [0.25, 0.3) is 0 Å². The van der Waals surface area contributed by atoms with Gasteiger partial charge < -0.3 is 10.2 Å². The van der Waals surface area contributed by atoms with Crippen molar-refractivity contribution in [3.63, 3.8) is 0 Å². The van der Waals surface area contributed by atoms with Gasteiger partial charge in [-0.2, -0.15) is 0 Å². The number of hydrogen-bond donors (Lipinski definition) is 2. The lowest BCUT2D eigenvalue weighted by Crippen LogP contribution is -2.29. The van der Waals surface area contributed by atoms with Crippen LogP contribution in [0.3, 0.4) is 0 Å². The van der Waals surface area contributed by atoms with E-state index in [1.54, 1.807) is 0 Å². The molecule has 1 aliphatic carbocycles. The second kappa shape index (κ2) is 5.83. The van der Waals surface area contributed by atoms with Crippen LogP contribution in [0.5, 0.6) is 0 Å². The fourth-order valence-corrected chi connectivity index (χ4v) is 2.33. The summed E-state index contributed by atoms with van der Waals surface area (Å²) in [6.45, 7) is 7.89. The van der Waals surface area contributed by atoms with Gasteiger partial charge in [-0.1, -0.05) is 30.7 Å². The summed E-state index contributed by atoms with van der Waals surface area (Å²) >= 11 is 0. The number of hydrogen-bond acceptors (Lipinski definition) is 2. The molecule has 2 N–H and O–H groups in total. The van der Waals surface area contributed by atoms with Crippen molar-refractivity contribution in [2.45, 2.75) is 58.7 Å². The third-order valence-electron chi connectivity index (χ3n) is 3.52. The van der Waals surface area contributed by atoms with Crippen LogP contribution in [-0.2, 0) is 0 Å². The highest BCUT2D eigenvalue weighted by molar-refractivity contribution is 5.07. The van der Waals surface area contributed by atoms with Gasteiger partial charge in [0.25, 0.3) is 0 Å². The molecule has 0 spiro atoms. The Balaban J connectivity index is 2.83. The minimum absolute atomic E-state index is 0.184. The van der Waals surface area contributed by atoms with E-state index in [1.165, 1.54) is 5.57 Å². The molecule has 0 aromatic carbocycles. The summed E-state index contributed by atoms with van der Waals surface area (Å²) in [5, 5.41) is 20.0. The average Bonchev–Trinajstić information content (AvgIpc) is 2.14. The van der Waals surface area contributed by atoms with Crippen molar-refractivity contribution in [1.82, 2.24) is 0 Å². The molecule has 0 amide bonds. The van der Waals surface area contributed by atoms with Gasteiger partial charge in [0.2, 0.25) is 0 Å². The molecular formula is C15H26O2. The van der Waals surface area contributed by atoms with Crippen LogP contribution in [0.4, 0.5) is 0 Å². The standard InChI is InChI=1S/C15H26O2/c1-11-5-7-13(15(3,4)17)8-6-12(2)10-14(16)9-11/h5,7,10-11,13-14,16-17H,6,8-9H2,1-4H3/b7-5-,12-10-/t11-,13+,14?/m1/s1. The van der Waals surface area contributed by atoms with E-state index in [1.807, 2.05) is 19.9 Å². The molecule has 0 aromatic rings. The van der Waals surface area contributed by atoms with Crippen molar-refractivity contribution in [2.75, 3.05) is 0 Å². The van der Waals surface area contributed by atoms with E-state index in [0.717, 1.165) is 19.3 Å². The number of allylic oxidation sites excluding steroid dienone is 2. The van der Waals surface area contributed by atoms with Crippen molar-refractivity contribution < 1.29 is 10.2 Å². The van der Waals surface area contributed by atoms with E-state index in [-0.39, 0.29) is 12.0 Å². The molecule has 0 fully saturated rings. The summed E-state index contributed by atoms with van der Waals surface area (Å²) < 4.78 is 0. The first-order chi connectivity index (χ1) is 7.79. The Kier molecular flexibility index (Phi) is 4.96. The Labute approximate surface area is 105 Å². The fraction of sp³-hybridized carbons (Fsp3) is 0.733. The molecule has 3 atom stereocenters. The maximum Gasteiger partial charge on any atom is 0.0728 e. The van der Waals surface area contributed by atoms with E-state index >= 15 is 0 Å². The van der Waals surface area contributed by atoms with Crippen molar-refractivity contribution in [3.8, 4) is 0 Å². The molecule has 2 nitrogen and oxygen atoms in total. The van der Waals surface area contributed by atoms with Gasteiger partial charge in [-0.25, -0.2) is 0 Å². The minimum atomic E-state index is -0.672. The smallest absolute Gasteiger partial charge is 0.0728 e. The highest BCUT2D eigenvalue weighted by atomic mass is 16.3. The number of aliphatic hydroxyl groups is 2. The summed E-state index contributed by atoms with van der Waals surface area (Å²) in [6, 6.07) is 0.